The first kappa shape index (κ1) is 21.2. The Hall–Kier alpha value is -3.65. The van der Waals surface area contributed by atoms with E-state index >= 15 is 0 Å². The number of aromatic nitrogens is 4. The van der Waals surface area contributed by atoms with E-state index < -0.39 is 0 Å². The number of hydrogen-bond acceptors (Lipinski definition) is 6. The smallest absolute Gasteiger partial charge is 0.252 e. The molecule has 0 saturated carbocycles. The van der Waals surface area contributed by atoms with Gasteiger partial charge in [-0.15, -0.1) is 11.8 Å². The van der Waals surface area contributed by atoms with Gasteiger partial charge in [0.05, 0.1) is 23.8 Å². The average molecular weight is 458 g/mol. The van der Waals surface area contributed by atoms with Crippen LogP contribution in [-0.4, -0.2) is 38.5 Å². The number of hydrogen-bond donors (Lipinski definition) is 1. The number of nitrogens with zero attached hydrogens (tertiary/aromatic N) is 4. The molecule has 5 rings (SSSR count). The lowest BCUT2D eigenvalue weighted by atomic mass is 10.00. The summed E-state index contributed by atoms with van der Waals surface area (Å²) in [5.74, 6) is 2.07. The van der Waals surface area contributed by atoms with Gasteiger partial charge in [-0.2, -0.15) is 9.78 Å². The first-order chi connectivity index (χ1) is 16.0. The topological polar surface area (TPSA) is 81.9 Å². The van der Waals surface area contributed by atoms with E-state index in [4.69, 9.17) is 9.84 Å². The molecule has 0 fully saturated rings. The van der Waals surface area contributed by atoms with Crippen LogP contribution >= 0.6 is 11.8 Å². The summed E-state index contributed by atoms with van der Waals surface area (Å²) < 4.78 is 7.00. The number of amides is 1. The highest BCUT2D eigenvalue weighted by atomic mass is 32.2. The van der Waals surface area contributed by atoms with Gasteiger partial charge in [-0.3, -0.25) is 4.79 Å². The highest BCUT2D eigenvalue weighted by molar-refractivity contribution is 8.00. The molecule has 8 heteroatoms. The lowest BCUT2D eigenvalue weighted by molar-refractivity contribution is -0.113. The standard InChI is InChI=1S/C25H23N5O2S/c1-15-13-16(2)27-25(26-15)30-24-21(22(29-30)17-7-5-4-6-8-17)23(33-14-20(31)28-24)18-9-11-19(32-3)12-10-18/h4-13,23H,14H2,1-3H3,(H,28,31)/t23-/m0/s1. The Morgan fingerprint density at radius 3 is 2.39 bits per heavy atom. The first-order valence-corrected chi connectivity index (χ1v) is 11.6. The Kier molecular flexibility index (Phi) is 5.60. The van der Waals surface area contributed by atoms with Gasteiger partial charge in [-0.25, -0.2) is 9.97 Å². The van der Waals surface area contributed by atoms with Gasteiger partial charge in [-0.05, 0) is 37.6 Å². The number of methoxy groups -OCH3 is 1. The summed E-state index contributed by atoms with van der Waals surface area (Å²) in [6.07, 6.45) is 0. The maximum Gasteiger partial charge on any atom is 0.252 e. The summed E-state index contributed by atoms with van der Waals surface area (Å²) in [4.78, 5) is 22.0. The summed E-state index contributed by atoms with van der Waals surface area (Å²) in [5, 5.41) is 7.90. The molecule has 2 aromatic heterocycles. The second-order valence-corrected chi connectivity index (χ2v) is 8.95. The van der Waals surface area contributed by atoms with Gasteiger partial charge in [0.1, 0.15) is 11.6 Å². The van der Waals surface area contributed by atoms with Crippen molar-refractivity contribution in [2.24, 2.45) is 0 Å². The van der Waals surface area contributed by atoms with Crippen molar-refractivity contribution in [2.75, 3.05) is 18.2 Å². The van der Waals surface area contributed by atoms with Crippen LogP contribution in [0.5, 0.6) is 5.75 Å². The fourth-order valence-corrected chi connectivity index (χ4v) is 5.14. The summed E-state index contributed by atoms with van der Waals surface area (Å²) in [7, 11) is 1.65. The van der Waals surface area contributed by atoms with Gasteiger partial charge in [-0.1, -0.05) is 42.5 Å². The number of benzene rings is 2. The van der Waals surface area contributed by atoms with Gasteiger partial charge in [0, 0.05) is 22.5 Å². The average Bonchev–Trinajstić information content (AvgIpc) is 3.09. The molecule has 7 nitrogen and oxygen atoms in total. The van der Waals surface area contributed by atoms with Crippen LogP contribution in [0.1, 0.15) is 27.8 Å². The molecule has 33 heavy (non-hydrogen) atoms. The Morgan fingerprint density at radius 2 is 1.73 bits per heavy atom. The molecule has 1 aliphatic rings. The number of carbonyl (C=O) groups excluding carboxylic acids is 1. The molecule has 0 aliphatic carbocycles. The van der Waals surface area contributed by atoms with E-state index in [2.05, 4.69) is 15.3 Å². The van der Waals surface area contributed by atoms with Gasteiger partial charge in [0.2, 0.25) is 5.91 Å². The van der Waals surface area contributed by atoms with E-state index in [1.54, 1.807) is 23.6 Å². The van der Waals surface area contributed by atoms with Crippen LogP contribution in [0.3, 0.4) is 0 Å². The zero-order valence-corrected chi connectivity index (χ0v) is 19.4. The molecular weight excluding hydrogens is 434 g/mol. The normalized spacial score (nSPS) is 15.5. The van der Waals surface area contributed by atoms with Crippen molar-refractivity contribution in [2.45, 2.75) is 19.1 Å². The van der Waals surface area contributed by atoms with Gasteiger partial charge in [0.15, 0.2) is 0 Å². The van der Waals surface area contributed by atoms with Crippen molar-refractivity contribution in [3.8, 4) is 23.0 Å². The van der Waals surface area contributed by atoms with Crippen molar-refractivity contribution in [3.63, 3.8) is 0 Å². The fraction of sp³-hybridized carbons (Fsp3) is 0.200. The molecule has 1 N–H and O–H groups in total. The Bertz CT molecular complexity index is 1300. The molecule has 2 aromatic carbocycles. The lowest BCUT2D eigenvalue weighted by Crippen LogP contribution is -2.17. The highest BCUT2D eigenvalue weighted by Gasteiger charge is 2.33. The minimum Gasteiger partial charge on any atom is -0.497 e. The second kappa shape index (κ2) is 8.71. The molecule has 4 aromatic rings. The van der Waals surface area contributed by atoms with Crippen LogP contribution < -0.4 is 10.1 Å². The van der Waals surface area contributed by atoms with E-state index in [-0.39, 0.29) is 11.2 Å². The molecule has 0 spiro atoms. The molecule has 1 amide bonds. The fourth-order valence-electron chi connectivity index (χ4n) is 4.01. The number of carbonyl (C=O) groups is 1. The van der Waals surface area contributed by atoms with Gasteiger partial charge in [0.25, 0.3) is 5.95 Å². The lowest BCUT2D eigenvalue weighted by Gasteiger charge is -2.16. The second-order valence-electron chi connectivity index (χ2n) is 7.85. The van der Waals surface area contributed by atoms with E-state index in [1.807, 2.05) is 74.5 Å². The van der Waals surface area contributed by atoms with Crippen molar-refractivity contribution in [1.29, 1.82) is 0 Å². The number of anilines is 1. The minimum absolute atomic E-state index is 0.0811. The summed E-state index contributed by atoms with van der Waals surface area (Å²) in [5.41, 5.74) is 5.44. The number of thioether (sulfide) groups is 1. The minimum atomic E-state index is -0.111. The van der Waals surface area contributed by atoms with Crippen LogP contribution in [0.25, 0.3) is 17.2 Å². The SMILES string of the molecule is COc1ccc([C@@H]2SCC(=O)Nc3c2c(-c2ccccc2)nn3-c2nc(C)cc(C)n2)cc1. The Balaban J connectivity index is 1.77. The number of rotatable bonds is 4. The van der Waals surface area contributed by atoms with E-state index in [0.29, 0.717) is 17.5 Å². The van der Waals surface area contributed by atoms with E-state index in [1.165, 1.54) is 0 Å². The maximum absolute atomic E-state index is 12.8. The van der Waals surface area contributed by atoms with E-state index in [0.717, 1.165) is 39.5 Å². The van der Waals surface area contributed by atoms with Crippen molar-refractivity contribution < 1.29 is 9.53 Å². The number of nitrogens with one attached hydrogen (secondary N) is 1. The number of ether oxygens (including phenoxy) is 1. The quantitative estimate of drug-likeness (QED) is 0.477. The molecule has 3 heterocycles. The molecule has 0 bridgehead atoms. The monoisotopic (exact) mass is 457 g/mol. The van der Waals surface area contributed by atoms with Gasteiger partial charge >= 0.3 is 0 Å². The first-order valence-electron chi connectivity index (χ1n) is 10.6. The predicted molar refractivity (Wildman–Crippen MR) is 130 cm³/mol. The summed E-state index contributed by atoms with van der Waals surface area (Å²) in [6, 6.07) is 19.9. The molecule has 0 unspecified atom stereocenters. The predicted octanol–water partition coefficient (Wildman–Crippen LogP) is 4.73. The summed E-state index contributed by atoms with van der Waals surface area (Å²) >= 11 is 1.58. The van der Waals surface area contributed by atoms with Crippen LogP contribution in [0.4, 0.5) is 5.82 Å². The van der Waals surface area contributed by atoms with Crippen LogP contribution in [-0.2, 0) is 4.79 Å². The van der Waals surface area contributed by atoms with Gasteiger partial charge < -0.3 is 10.1 Å². The third-order valence-corrected chi connectivity index (χ3v) is 6.72. The molecule has 0 radical (unpaired) electrons. The van der Waals surface area contributed by atoms with Crippen molar-refractivity contribution in [3.05, 3.63) is 83.2 Å². The van der Waals surface area contributed by atoms with Crippen molar-refractivity contribution >= 4 is 23.5 Å². The third-order valence-electron chi connectivity index (χ3n) is 5.45. The zero-order valence-electron chi connectivity index (χ0n) is 18.6. The number of aryl methyl sites for hydroxylation is 2. The molecular formula is C25H23N5O2S. The largest absolute Gasteiger partial charge is 0.497 e. The van der Waals surface area contributed by atoms with Crippen LogP contribution in [0.15, 0.2) is 60.7 Å². The Morgan fingerprint density at radius 1 is 1.03 bits per heavy atom. The highest BCUT2D eigenvalue weighted by Crippen LogP contribution is 2.46. The number of fused-ring (bicyclic) bond motifs is 1. The molecule has 1 atom stereocenters. The maximum atomic E-state index is 12.8. The summed E-state index contributed by atoms with van der Waals surface area (Å²) in [6.45, 7) is 3.85. The third kappa shape index (κ3) is 4.09. The Labute approximate surface area is 196 Å². The zero-order chi connectivity index (χ0) is 22.9. The van der Waals surface area contributed by atoms with Crippen molar-refractivity contribution in [1.82, 2.24) is 19.7 Å². The van der Waals surface area contributed by atoms with Crippen LogP contribution in [0.2, 0.25) is 0 Å². The molecule has 0 saturated heterocycles. The van der Waals surface area contributed by atoms with E-state index in [9.17, 15) is 4.79 Å². The molecule has 166 valence electrons. The van der Waals surface area contributed by atoms with Crippen LogP contribution in [0, 0.1) is 13.8 Å². The molecule has 1 aliphatic heterocycles.